The zero-order chi connectivity index (χ0) is 11.5. The minimum atomic E-state index is 0.778. The average molecular weight is 215 g/mol. The molecule has 0 saturated heterocycles. The molecule has 0 unspecified atom stereocenters. The number of aryl methyl sites for hydroxylation is 1. The first-order valence-corrected chi connectivity index (χ1v) is 5.62. The average Bonchev–Trinajstić information content (AvgIpc) is 2.59. The van der Waals surface area contributed by atoms with E-state index < -0.39 is 0 Å². The Morgan fingerprint density at radius 1 is 1.25 bits per heavy atom. The van der Waals surface area contributed by atoms with Crippen molar-refractivity contribution in [3.05, 3.63) is 36.0 Å². The summed E-state index contributed by atoms with van der Waals surface area (Å²) in [6, 6.07) is 10.2. The van der Waals surface area contributed by atoms with Crippen LogP contribution in [0.15, 0.2) is 30.3 Å². The maximum absolute atomic E-state index is 6.03. The van der Waals surface area contributed by atoms with Crippen LogP contribution in [-0.2, 0) is 6.54 Å². The molecule has 84 valence electrons. The fraction of sp³-hybridized carbons (Fsp3) is 0.308. The summed E-state index contributed by atoms with van der Waals surface area (Å²) in [5.74, 6) is 1.75. The second kappa shape index (κ2) is 4.39. The van der Waals surface area contributed by atoms with Crippen LogP contribution < -0.4 is 5.73 Å². The van der Waals surface area contributed by atoms with Gasteiger partial charge in [0.15, 0.2) is 0 Å². The van der Waals surface area contributed by atoms with E-state index in [-0.39, 0.29) is 0 Å². The van der Waals surface area contributed by atoms with Gasteiger partial charge >= 0.3 is 0 Å². The molecule has 0 amide bonds. The number of nitrogens with two attached hydrogens (primary N) is 1. The van der Waals surface area contributed by atoms with E-state index in [1.54, 1.807) is 0 Å². The lowest BCUT2D eigenvalue weighted by molar-refractivity contribution is 0.693. The second-order valence-electron chi connectivity index (χ2n) is 3.92. The zero-order valence-corrected chi connectivity index (χ0v) is 9.77. The van der Waals surface area contributed by atoms with E-state index in [1.165, 1.54) is 0 Å². The standard InChI is InChI=1S/C13H17N3/c1-3-9-16-12(14)10(2)15-13(16)11-7-5-4-6-8-11/h4-8H,3,9,14H2,1-2H3. The Hall–Kier alpha value is -1.77. The number of rotatable bonds is 3. The minimum Gasteiger partial charge on any atom is -0.384 e. The Kier molecular flexibility index (Phi) is 2.95. The number of imidazole rings is 1. The Labute approximate surface area is 95.9 Å². The van der Waals surface area contributed by atoms with Crippen molar-refractivity contribution in [2.45, 2.75) is 26.8 Å². The quantitative estimate of drug-likeness (QED) is 0.855. The van der Waals surface area contributed by atoms with E-state index in [9.17, 15) is 0 Å². The highest BCUT2D eigenvalue weighted by atomic mass is 15.1. The minimum absolute atomic E-state index is 0.778. The first-order chi connectivity index (χ1) is 7.74. The first-order valence-electron chi connectivity index (χ1n) is 5.62. The van der Waals surface area contributed by atoms with Crippen molar-refractivity contribution < 1.29 is 0 Å². The van der Waals surface area contributed by atoms with E-state index in [0.717, 1.165) is 35.9 Å². The van der Waals surface area contributed by atoms with Crippen LogP contribution in [0.4, 0.5) is 5.82 Å². The molecule has 3 nitrogen and oxygen atoms in total. The highest BCUT2D eigenvalue weighted by Gasteiger charge is 2.12. The van der Waals surface area contributed by atoms with E-state index in [2.05, 4.69) is 28.6 Å². The molecule has 2 aromatic rings. The third kappa shape index (κ3) is 1.81. The van der Waals surface area contributed by atoms with Gasteiger partial charge in [-0.15, -0.1) is 0 Å². The van der Waals surface area contributed by atoms with Gasteiger partial charge in [-0.3, -0.25) is 0 Å². The van der Waals surface area contributed by atoms with Crippen molar-refractivity contribution in [2.75, 3.05) is 5.73 Å². The molecule has 0 fully saturated rings. The zero-order valence-electron chi connectivity index (χ0n) is 9.77. The Bertz CT molecular complexity index is 471. The van der Waals surface area contributed by atoms with Crippen molar-refractivity contribution in [3.8, 4) is 11.4 Å². The highest BCUT2D eigenvalue weighted by Crippen LogP contribution is 2.23. The lowest BCUT2D eigenvalue weighted by Crippen LogP contribution is -2.04. The topological polar surface area (TPSA) is 43.8 Å². The molecular formula is C13H17N3. The molecule has 0 atom stereocenters. The van der Waals surface area contributed by atoms with Crippen LogP contribution in [-0.4, -0.2) is 9.55 Å². The summed E-state index contributed by atoms with van der Waals surface area (Å²) >= 11 is 0. The molecule has 3 heteroatoms. The summed E-state index contributed by atoms with van der Waals surface area (Å²) in [7, 11) is 0. The van der Waals surface area contributed by atoms with E-state index in [0.29, 0.717) is 0 Å². The van der Waals surface area contributed by atoms with E-state index >= 15 is 0 Å². The molecule has 0 aliphatic carbocycles. The Morgan fingerprint density at radius 3 is 2.56 bits per heavy atom. The third-order valence-corrected chi connectivity index (χ3v) is 2.67. The van der Waals surface area contributed by atoms with Crippen molar-refractivity contribution in [3.63, 3.8) is 0 Å². The van der Waals surface area contributed by atoms with Gasteiger partial charge in [0.05, 0.1) is 5.69 Å². The maximum atomic E-state index is 6.03. The summed E-state index contributed by atoms with van der Waals surface area (Å²) < 4.78 is 2.09. The first kappa shape index (κ1) is 10.7. The second-order valence-corrected chi connectivity index (χ2v) is 3.92. The van der Waals surface area contributed by atoms with Gasteiger partial charge in [-0.05, 0) is 13.3 Å². The van der Waals surface area contributed by atoms with Crippen molar-refractivity contribution in [1.29, 1.82) is 0 Å². The molecule has 1 aromatic heterocycles. The van der Waals surface area contributed by atoms with Crippen molar-refractivity contribution in [2.24, 2.45) is 0 Å². The molecule has 2 N–H and O–H groups in total. The molecule has 0 bridgehead atoms. The molecule has 2 rings (SSSR count). The van der Waals surface area contributed by atoms with Gasteiger partial charge in [0, 0.05) is 12.1 Å². The predicted octanol–water partition coefficient (Wildman–Crippen LogP) is 2.85. The number of nitrogen functional groups attached to an aromatic ring is 1. The fourth-order valence-corrected chi connectivity index (χ4v) is 1.84. The summed E-state index contributed by atoms with van der Waals surface area (Å²) in [6.45, 7) is 5.01. The normalized spacial score (nSPS) is 10.6. The molecule has 1 heterocycles. The van der Waals surface area contributed by atoms with Gasteiger partial charge in [0.25, 0.3) is 0 Å². The number of nitrogens with zero attached hydrogens (tertiary/aromatic N) is 2. The molecule has 0 saturated carbocycles. The predicted molar refractivity (Wildman–Crippen MR) is 67.1 cm³/mol. The van der Waals surface area contributed by atoms with Gasteiger partial charge in [-0.25, -0.2) is 4.98 Å². The van der Waals surface area contributed by atoms with Gasteiger partial charge in [-0.1, -0.05) is 37.3 Å². The van der Waals surface area contributed by atoms with Gasteiger partial charge in [-0.2, -0.15) is 0 Å². The van der Waals surface area contributed by atoms with Crippen LogP contribution in [0.2, 0.25) is 0 Å². The van der Waals surface area contributed by atoms with Crippen LogP contribution >= 0.6 is 0 Å². The smallest absolute Gasteiger partial charge is 0.141 e. The van der Waals surface area contributed by atoms with Crippen LogP contribution in [0.1, 0.15) is 19.0 Å². The molecule has 0 radical (unpaired) electrons. The summed E-state index contributed by atoms with van der Waals surface area (Å²) in [6.07, 6.45) is 1.06. The monoisotopic (exact) mass is 215 g/mol. The number of hydrogen-bond donors (Lipinski definition) is 1. The Balaban J connectivity index is 2.52. The fourth-order valence-electron chi connectivity index (χ4n) is 1.84. The van der Waals surface area contributed by atoms with Gasteiger partial charge < -0.3 is 10.3 Å². The Morgan fingerprint density at radius 2 is 1.94 bits per heavy atom. The van der Waals surface area contributed by atoms with Crippen LogP contribution in [0.5, 0.6) is 0 Å². The maximum Gasteiger partial charge on any atom is 0.141 e. The van der Waals surface area contributed by atoms with Gasteiger partial charge in [0.2, 0.25) is 0 Å². The van der Waals surface area contributed by atoms with Crippen LogP contribution in [0.3, 0.4) is 0 Å². The van der Waals surface area contributed by atoms with E-state index in [1.807, 2.05) is 25.1 Å². The number of benzene rings is 1. The lowest BCUT2D eigenvalue weighted by Gasteiger charge is -2.08. The van der Waals surface area contributed by atoms with Gasteiger partial charge in [0.1, 0.15) is 11.6 Å². The van der Waals surface area contributed by atoms with Crippen molar-refractivity contribution >= 4 is 5.82 Å². The molecule has 1 aromatic carbocycles. The largest absolute Gasteiger partial charge is 0.384 e. The number of hydrogen-bond acceptors (Lipinski definition) is 2. The summed E-state index contributed by atoms with van der Waals surface area (Å²) in [5, 5.41) is 0. The third-order valence-electron chi connectivity index (χ3n) is 2.67. The lowest BCUT2D eigenvalue weighted by atomic mass is 10.2. The van der Waals surface area contributed by atoms with Crippen LogP contribution in [0.25, 0.3) is 11.4 Å². The van der Waals surface area contributed by atoms with E-state index in [4.69, 9.17) is 5.73 Å². The van der Waals surface area contributed by atoms with Crippen LogP contribution in [0, 0.1) is 6.92 Å². The molecule has 0 aliphatic heterocycles. The number of aromatic nitrogens is 2. The molecule has 16 heavy (non-hydrogen) atoms. The molecule has 0 spiro atoms. The highest BCUT2D eigenvalue weighted by molar-refractivity contribution is 5.60. The molecule has 0 aliphatic rings. The van der Waals surface area contributed by atoms with Crippen molar-refractivity contribution in [1.82, 2.24) is 9.55 Å². The summed E-state index contributed by atoms with van der Waals surface area (Å²) in [4.78, 5) is 4.54. The summed E-state index contributed by atoms with van der Waals surface area (Å²) in [5.41, 5.74) is 8.06. The SMILES string of the molecule is CCCn1c(-c2ccccc2)nc(C)c1N. The molecular weight excluding hydrogens is 198 g/mol. The number of anilines is 1.